The molecule has 2 heterocycles. The maximum absolute atomic E-state index is 12.6. The van der Waals surface area contributed by atoms with Crippen LogP contribution in [-0.4, -0.2) is 66.3 Å². The first-order valence-corrected chi connectivity index (χ1v) is 7.55. The van der Waals surface area contributed by atoms with Crippen LogP contribution in [0.15, 0.2) is 24.3 Å². The van der Waals surface area contributed by atoms with Crippen molar-refractivity contribution < 1.29 is 19.1 Å². The van der Waals surface area contributed by atoms with Gasteiger partial charge in [-0.1, -0.05) is 0 Å². The largest absolute Gasteiger partial charge is 0.497 e. The summed E-state index contributed by atoms with van der Waals surface area (Å²) in [6.07, 6.45) is 0. The van der Waals surface area contributed by atoms with Crippen molar-refractivity contribution in [2.75, 3.05) is 26.7 Å². The number of carbonyl (C=O) groups excluding carboxylic acids is 3. The van der Waals surface area contributed by atoms with Gasteiger partial charge in [0, 0.05) is 18.7 Å². The summed E-state index contributed by atoms with van der Waals surface area (Å²) in [5, 5.41) is 2.66. The molecule has 0 bridgehead atoms. The van der Waals surface area contributed by atoms with Gasteiger partial charge in [-0.2, -0.15) is 0 Å². The van der Waals surface area contributed by atoms with Crippen molar-refractivity contribution in [1.29, 1.82) is 0 Å². The van der Waals surface area contributed by atoms with Gasteiger partial charge in [-0.15, -0.1) is 0 Å². The smallest absolute Gasteiger partial charge is 0.254 e. The maximum Gasteiger partial charge on any atom is 0.254 e. The summed E-state index contributed by atoms with van der Waals surface area (Å²) in [6, 6.07) is 5.74. The molecule has 122 valence electrons. The van der Waals surface area contributed by atoms with Crippen LogP contribution in [0.3, 0.4) is 0 Å². The summed E-state index contributed by atoms with van der Waals surface area (Å²) in [4.78, 5) is 40.0. The molecule has 0 aromatic heterocycles. The molecule has 2 saturated heterocycles. The van der Waals surface area contributed by atoms with Crippen LogP contribution in [0.25, 0.3) is 0 Å². The van der Waals surface area contributed by atoms with E-state index in [1.54, 1.807) is 48.1 Å². The molecular weight excluding hydrogens is 298 g/mol. The fourth-order valence-electron chi connectivity index (χ4n) is 2.99. The van der Waals surface area contributed by atoms with E-state index in [-0.39, 0.29) is 24.3 Å². The predicted octanol–water partition coefficient (Wildman–Crippen LogP) is -0.133. The summed E-state index contributed by atoms with van der Waals surface area (Å²) in [5.74, 6) is 0.235. The molecule has 2 aliphatic heterocycles. The topological polar surface area (TPSA) is 79.0 Å². The van der Waals surface area contributed by atoms with Crippen molar-refractivity contribution in [3.63, 3.8) is 0 Å². The normalized spacial score (nSPS) is 24.1. The molecule has 3 rings (SSSR count). The lowest BCUT2D eigenvalue weighted by Gasteiger charge is -2.44. The van der Waals surface area contributed by atoms with E-state index in [1.165, 1.54) is 0 Å². The van der Waals surface area contributed by atoms with Crippen LogP contribution in [0.5, 0.6) is 5.75 Å². The Morgan fingerprint density at radius 1 is 1.22 bits per heavy atom. The standard InChI is InChI=1S/C16H19N3O4/c1-10-15(21)19-8-7-18(9-13(19)14(20)17-10)16(22)11-3-5-12(23-2)6-4-11/h3-6,10,13H,7-9H2,1-2H3,(H,17,20)/t10-,13+/m1/s1. The number of ether oxygens (including phenoxy) is 1. The number of fused-ring (bicyclic) bond motifs is 1. The van der Waals surface area contributed by atoms with Crippen molar-refractivity contribution in [2.45, 2.75) is 19.0 Å². The van der Waals surface area contributed by atoms with Crippen LogP contribution in [0.4, 0.5) is 0 Å². The summed E-state index contributed by atoms with van der Waals surface area (Å²) in [7, 11) is 1.57. The zero-order valence-electron chi connectivity index (χ0n) is 13.1. The van der Waals surface area contributed by atoms with E-state index in [0.717, 1.165) is 0 Å². The lowest BCUT2D eigenvalue weighted by atomic mass is 10.0. The van der Waals surface area contributed by atoms with Crippen molar-refractivity contribution >= 4 is 17.7 Å². The first-order chi connectivity index (χ1) is 11.0. The van der Waals surface area contributed by atoms with Crippen molar-refractivity contribution in [3.05, 3.63) is 29.8 Å². The Morgan fingerprint density at radius 3 is 2.57 bits per heavy atom. The lowest BCUT2D eigenvalue weighted by Crippen LogP contribution is -2.69. The van der Waals surface area contributed by atoms with E-state index in [0.29, 0.717) is 24.4 Å². The Hall–Kier alpha value is -2.57. The van der Waals surface area contributed by atoms with Crippen LogP contribution in [-0.2, 0) is 9.59 Å². The zero-order chi connectivity index (χ0) is 16.6. The van der Waals surface area contributed by atoms with Gasteiger partial charge in [0.2, 0.25) is 11.8 Å². The number of hydrogen-bond donors (Lipinski definition) is 1. The van der Waals surface area contributed by atoms with Gasteiger partial charge in [0.25, 0.3) is 5.91 Å². The average molecular weight is 317 g/mol. The number of hydrogen-bond acceptors (Lipinski definition) is 4. The second-order valence-corrected chi connectivity index (χ2v) is 5.76. The monoisotopic (exact) mass is 317 g/mol. The summed E-state index contributed by atoms with van der Waals surface area (Å²) in [6.45, 7) is 2.69. The van der Waals surface area contributed by atoms with E-state index in [9.17, 15) is 14.4 Å². The number of nitrogens with one attached hydrogen (secondary N) is 1. The van der Waals surface area contributed by atoms with E-state index in [4.69, 9.17) is 4.74 Å². The fourth-order valence-corrected chi connectivity index (χ4v) is 2.99. The van der Waals surface area contributed by atoms with Crippen molar-refractivity contribution in [3.8, 4) is 5.75 Å². The number of piperazine rings is 2. The third-order valence-corrected chi connectivity index (χ3v) is 4.32. The maximum atomic E-state index is 12.6. The van der Waals surface area contributed by atoms with Gasteiger partial charge in [-0.25, -0.2) is 0 Å². The van der Waals surface area contributed by atoms with Crippen LogP contribution >= 0.6 is 0 Å². The van der Waals surface area contributed by atoms with E-state index >= 15 is 0 Å². The Kier molecular flexibility index (Phi) is 3.94. The third-order valence-electron chi connectivity index (χ3n) is 4.32. The number of amides is 3. The van der Waals surface area contributed by atoms with Gasteiger partial charge < -0.3 is 19.9 Å². The predicted molar refractivity (Wildman–Crippen MR) is 82.0 cm³/mol. The Morgan fingerprint density at radius 2 is 1.91 bits per heavy atom. The molecule has 0 spiro atoms. The molecule has 0 unspecified atom stereocenters. The molecule has 1 aromatic rings. The minimum absolute atomic E-state index is 0.0915. The molecule has 2 atom stereocenters. The second-order valence-electron chi connectivity index (χ2n) is 5.76. The molecule has 1 aromatic carbocycles. The Balaban J connectivity index is 1.74. The van der Waals surface area contributed by atoms with Gasteiger partial charge in [0.15, 0.2) is 0 Å². The number of rotatable bonds is 2. The van der Waals surface area contributed by atoms with Crippen LogP contribution in [0.1, 0.15) is 17.3 Å². The molecule has 7 nitrogen and oxygen atoms in total. The number of nitrogens with zero attached hydrogens (tertiary/aromatic N) is 2. The van der Waals surface area contributed by atoms with Gasteiger partial charge in [0.1, 0.15) is 17.8 Å². The third kappa shape index (κ3) is 2.74. The number of benzene rings is 1. The highest BCUT2D eigenvalue weighted by Gasteiger charge is 2.42. The lowest BCUT2D eigenvalue weighted by molar-refractivity contribution is -0.151. The van der Waals surface area contributed by atoms with Gasteiger partial charge in [0.05, 0.1) is 13.7 Å². The Bertz CT molecular complexity index is 643. The minimum atomic E-state index is -0.602. The summed E-state index contributed by atoms with van der Waals surface area (Å²) in [5.41, 5.74) is 0.537. The summed E-state index contributed by atoms with van der Waals surface area (Å²) < 4.78 is 5.08. The second kappa shape index (κ2) is 5.91. The number of methoxy groups -OCH3 is 1. The van der Waals surface area contributed by atoms with E-state index in [2.05, 4.69) is 5.32 Å². The molecule has 0 radical (unpaired) electrons. The molecule has 2 fully saturated rings. The highest BCUT2D eigenvalue weighted by Crippen LogP contribution is 2.19. The first-order valence-electron chi connectivity index (χ1n) is 7.55. The highest BCUT2D eigenvalue weighted by atomic mass is 16.5. The number of carbonyl (C=O) groups is 3. The highest BCUT2D eigenvalue weighted by molar-refractivity contribution is 5.99. The molecule has 7 heteroatoms. The fraction of sp³-hybridized carbons (Fsp3) is 0.438. The zero-order valence-corrected chi connectivity index (χ0v) is 13.1. The molecule has 23 heavy (non-hydrogen) atoms. The SMILES string of the molecule is COc1ccc(C(=O)N2CCN3C(=O)[C@@H](C)NC(=O)[C@@H]3C2)cc1. The van der Waals surface area contributed by atoms with E-state index in [1.807, 2.05) is 0 Å². The minimum Gasteiger partial charge on any atom is -0.497 e. The first kappa shape index (κ1) is 15.3. The van der Waals surface area contributed by atoms with Gasteiger partial charge in [-0.05, 0) is 31.2 Å². The molecular formula is C16H19N3O4. The Labute approximate surface area is 134 Å². The molecule has 0 aliphatic carbocycles. The molecule has 1 N–H and O–H groups in total. The van der Waals surface area contributed by atoms with Crippen LogP contribution < -0.4 is 10.1 Å². The van der Waals surface area contributed by atoms with E-state index < -0.39 is 12.1 Å². The summed E-state index contributed by atoms with van der Waals surface area (Å²) >= 11 is 0. The van der Waals surface area contributed by atoms with Crippen LogP contribution in [0, 0.1) is 0 Å². The van der Waals surface area contributed by atoms with Gasteiger partial charge in [-0.3, -0.25) is 14.4 Å². The molecule has 3 amide bonds. The van der Waals surface area contributed by atoms with Crippen molar-refractivity contribution in [1.82, 2.24) is 15.1 Å². The van der Waals surface area contributed by atoms with Crippen molar-refractivity contribution in [2.24, 2.45) is 0 Å². The quantitative estimate of drug-likeness (QED) is 0.824. The molecule has 2 aliphatic rings. The van der Waals surface area contributed by atoms with Crippen LogP contribution in [0.2, 0.25) is 0 Å². The average Bonchev–Trinajstić information content (AvgIpc) is 2.59. The van der Waals surface area contributed by atoms with Gasteiger partial charge >= 0.3 is 0 Å². The molecule has 0 saturated carbocycles.